The van der Waals surface area contributed by atoms with Gasteiger partial charge in [-0.2, -0.15) is 0 Å². The number of nitrogens with one attached hydrogen (secondary N) is 1. The Labute approximate surface area is 102 Å². The van der Waals surface area contributed by atoms with Crippen LogP contribution >= 0.6 is 0 Å². The zero-order valence-electron chi connectivity index (χ0n) is 10.4. The average Bonchev–Trinajstić information content (AvgIpc) is 2.36. The molecule has 0 aliphatic rings. The van der Waals surface area contributed by atoms with Crippen LogP contribution in [0.4, 0.5) is 5.82 Å². The third-order valence-electron chi connectivity index (χ3n) is 2.90. The van der Waals surface area contributed by atoms with E-state index in [1.165, 1.54) is 0 Å². The zero-order chi connectivity index (χ0) is 12.3. The SMILES string of the molecule is CC(C)(CN)CNc1ccc2ccccc2n1. The maximum absolute atomic E-state index is 5.70. The molecular formula is C14H19N3. The molecule has 3 heteroatoms. The zero-order valence-corrected chi connectivity index (χ0v) is 10.4. The van der Waals surface area contributed by atoms with Crippen molar-refractivity contribution >= 4 is 16.7 Å². The Balaban J connectivity index is 2.14. The Hall–Kier alpha value is -1.61. The van der Waals surface area contributed by atoms with Gasteiger partial charge in [0, 0.05) is 11.9 Å². The van der Waals surface area contributed by atoms with Crippen molar-refractivity contribution in [1.29, 1.82) is 0 Å². The smallest absolute Gasteiger partial charge is 0.126 e. The van der Waals surface area contributed by atoms with Crippen molar-refractivity contribution in [1.82, 2.24) is 4.98 Å². The van der Waals surface area contributed by atoms with Crippen LogP contribution in [-0.2, 0) is 0 Å². The monoisotopic (exact) mass is 229 g/mol. The summed E-state index contributed by atoms with van der Waals surface area (Å²) in [6.45, 7) is 5.77. The van der Waals surface area contributed by atoms with Crippen LogP contribution in [0.25, 0.3) is 10.9 Å². The van der Waals surface area contributed by atoms with Crippen molar-refractivity contribution in [3.8, 4) is 0 Å². The number of hydrogen-bond donors (Lipinski definition) is 2. The van der Waals surface area contributed by atoms with Crippen molar-refractivity contribution in [3.63, 3.8) is 0 Å². The highest BCUT2D eigenvalue weighted by Gasteiger charge is 2.14. The van der Waals surface area contributed by atoms with Crippen LogP contribution < -0.4 is 11.1 Å². The first-order valence-electron chi connectivity index (χ1n) is 5.90. The number of nitrogens with two attached hydrogens (primary N) is 1. The lowest BCUT2D eigenvalue weighted by molar-refractivity contribution is 0.405. The first-order chi connectivity index (χ1) is 8.11. The number of rotatable bonds is 4. The molecule has 17 heavy (non-hydrogen) atoms. The summed E-state index contributed by atoms with van der Waals surface area (Å²) in [5, 5.41) is 4.50. The summed E-state index contributed by atoms with van der Waals surface area (Å²) in [7, 11) is 0. The predicted octanol–water partition coefficient (Wildman–Crippen LogP) is 2.63. The molecule has 0 atom stereocenters. The molecule has 2 rings (SSSR count). The molecule has 0 unspecified atom stereocenters. The standard InChI is InChI=1S/C14H19N3/c1-14(2,9-15)10-16-13-8-7-11-5-3-4-6-12(11)17-13/h3-8H,9-10,15H2,1-2H3,(H,16,17). The normalized spacial score (nSPS) is 11.7. The Morgan fingerprint density at radius 2 is 1.94 bits per heavy atom. The van der Waals surface area contributed by atoms with Crippen molar-refractivity contribution in [2.45, 2.75) is 13.8 Å². The molecule has 0 aliphatic carbocycles. The minimum Gasteiger partial charge on any atom is -0.369 e. The topological polar surface area (TPSA) is 50.9 Å². The highest BCUT2D eigenvalue weighted by atomic mass is 15.0. The van der Waals surface area contributed by atoms with Crippen LogP contribution in [0, 0.1) is 5.41 Å². The van der Waals surface area contributed by atoms with E-state index in [1.807, 2.05) is 24.3 Å². The highest BCUT2D eigenvalue weighted by Crippen LogP contribution is 2.17. The van der Waals surface area contributed by atoms with E-state index in [0.717, 1.165) is 23.3 Å². The molecule has 0 saturated carbocycles. The number of fused-ring (bicyclic) bond motifs is 1. The maximum atomic E-state index is 5.70. The van der Waals surface area contributed by atoms with Crippen LogP contribution in [0.3, 0.4) is 0 Å². The molecular weight excluding hydrogens is 210 g/mol. The van der Waals surface area contributed by atoms with Crippen LogP contribution in [0.2, 0.25) is 0 Å². The van der Waals surface area contributed by atoms with E-state index in [2.05, 4.69) is 36.3 Å². The van der Waals surface area contributed by atoms with Gasteiger partial charge in [-0.25, -0.2) is 4.98 Å². The number of benzene rings is 1. The quantitative estimate of drug-likeness (QED) is 0.847. The van der Waals surface area contributed by atoms with E-state index in [0.29, 0.717) is 6.54 Å². The minimum atomic E-state index is 0.0906. The Bertz CT molecular complexity index is 506. The van der Waals surface area contributed by atoms with Gasteiger partial charge in [-0.1, -0.05) is 32.0 Å². The fraction of sp³-hybridized carbons (Fsp3) is 0.357. The number of para-hydroxylation sites is 1. The maximum Gasteiger partial charge on any atom is 0.126 e. The average molecular weight is 229 g/mol. The number of pyridine rings is 1. The van der Waals surface area contributed by atoms with Gasteiger partial charge in [-0.15, -0.1) is 0 Å². The molecule has 2 aromatic rings. The molecule has 1 aromatic heterocycles. The van der Waals surface area contributed by atoms with Gasteiger partial charge in [-0.05, 0) is 30.2 Å². The van der Waals surface area contributed by atoms with E-state index >= 15 is 0 Å². The fourth-order valence-corrected chi connectivity index (χ4v) is 1.57. The molecule has 0 aliphatic heterocycles. The first kappa shape index (κ1) is 11.9. The van der Waals surface area contributed by atoms with Crippen molar-refractivity contribution < 1.29 is 0 Å². The lowest BCUT2D eigenvalue weighted by Crippen LogP contribution is -2.31. The van der Waals surface area contributed by atoms with Crippen molar-refractivity contribution in [3.05, 3.63) is 36.4 Å². The van der Waals surface area contributed by atoms with Gasteiger partial charge >= 0.3 is 0 Å². The third-order valence-corrected chi connectivity index (χ3v) is 2.90. The number of anilines is 1. The molecule has 3 N–H and O–H groups in total. The van der Waals surface area contributed by atoms with E-state index in [4.69, 9.17) is 5.73 Å². The largest absolute Gasteiger partial charge is 0.369 e. The van der Waals surface area contributed by atoms with Crippen LogP contribution in [0.1, 0.15) is 13.8 Å². The fourth-order valence-electron chi connectivity index (χ4n) is 1.57. The van der Waals surface area contributed by atoms with E-state index in [9.17, 15) is 0 Å². The van der Waals surface area contributed by atoms with Gasteiger partial charge in [0.2, 0.25) is 0 Å². The second-order valence-corrected chi connectivity index (χ2v) is 5.11. The van der Waals surface area contributed by atoms with Gasteiger partial charge in [0.05, 0.1) is 5.52 Å². The number of aromatic nitrogens is 1. The van der Waals surface area contributed by atoms with Gasteiger partial charge in [-0.3, -0.25) is 0 Å². The molecule has 0 radical (unpaired) electrons. The number of hydrogen-bond acceptors (Lipinski definition) is 3. The Morgan fingerprint density at radius 3 is 2.71 bits per heavy atom. The Morgan fingerprint density at radius 1 is 1.18 bits per heavy atom. The minimum absolute atomic E-state index is 0.0906. The Kier molecular flexibility index (Phi) is 3.29. The van der Waals surface area contributed by atoms with Crippen molar-refractivity contribution in [2.24, 2.45) is 11.1 Å². The van der Waals surface area contributed by atoms with E-state index in [-0.39, 0.29) is 5.41 Å². The molecule has 0 bridgehead atoms. The van der Waals surface area contributed by atoms with Crippen molar-refractivity contribution in [2.75, 3.05) is 18.4 Å². The predicted molar refractivity (Wildman–Crippen MR) is 73.1 cm³/mol. The van der Waals surface area contributed by atoms with Gasteiger partial charge in [0.15, 0.2) is 0 Å². The summed E-state index contributed by atoms with van der Waals surface area (Å²) in [5.74, 6) is 0.908. The summed E-state index contributed by atoms with van der Waals surface area (Å²) < 4.78 is 0. The highest BCUT2D eigenvalue weighted by molar-refractivity contribution is 5.80. The molecule has 3 nitrogen and oxygen atoms in total. The molecule has 0 amide bonds. The molecule has 90 valence electrons. The van der Waals surface area contributed by atoms with E-state index in [1.54, 1.807) is 0 Å². The summed E-state index contributed by atoms with van der Waals surface area (Å²) in [5.41, 5.74) is 6.81. The summed E-state index contributed by atoms with van der Waals surface area (Å²) >= 11 is 0. The third kappa shape index (κ3) is 2.94. The lowest BCUT2D eigenvalue weighted by Gasteiger charge is -2.22. The summed E-state index contributed by atoms with van der Waals surface area (Å²) in [6.07, 6.45) is 0. The van der Waals surface area contributed by atoms with E-state index < -0.39 is 0 Å². The molecule has 1 aromatic carbocycles. The molecule has 1 heterocycles. The summed E-state index contributed by atoms with van der Waals surface area (Å²) in [6, 6.07) is 12.2. The van der Waals surface area contributed by atoms with Crippen LogP contribution in [-0.4, -0.2) is 18.1 Å². The van der Waals surface area contributed by atoms with Gasteiger partial charge in [0.1, 0.15) is 5.82 Å². The van der Waals surface area contributed by atoms with Crippen LogP contribution in [0.15, 0.2) is 36.4 Å². The van der Waals surface area contributed by atoms with Gasteiger partial charge in [0.25, 0.3) is 0 Å². The van der Waals surface area contributed by atoms with Gasteiger partial charge < -0.3 is 11.1 Å². The lowest BCUT2D eigenvalue weighted by atomic mass is 9.94. The molecule has 0 fully saturated rings. The number of nitrogens with zero attached hydrogens (tertiary/aromatic N) is 1. The first-order valence-corrected chi connectivity index (χ1v) is 5.90. The van der Waals surface area contributed by atoms with Crippen LogP contribution in [0.5, 0.6) is 0 Å². The second-order valence-electron chi connectivity index (χ2n) is 5.11. The molecule has 0 spiro atoms. The second kappa shape index (κ2) is 4.72. The summed E-state index contributed by atoms with van der Waals surface area (Å²) in [4.78, 5) is 4.56. The molecule has 0 saturated heterocycles.